The van der Waals surface area contributed by atoms with Gasteiger partial charge in [0.1, 0.15) is 11.0 Å². The molecule has 146 valence electrons. The molecule has 1 N–H and O–H groups in total. The van der Waals surface area contributed by atoms with Crippen LogP contribution >= 0.6 is 22.9 Å². The first-order valence-electron chi connectivity index (χ1n) is 8.54. The van der Waals surface area contributed by atoms with Crippen molar-refractivity contribution >= 4 is 40.9 Å². The van der Waals surface area contributed by atoms with Crippen LogP contribution in [0, 0.1) is 18.2 Å². The Hall–Kier alpha value is -2.51. The standard InChI is InChI=1S/C20H19ClFN3O2S/c1-11-14(18(21)25(24-11)13-7-5-12(22)6-8-13)9-15-19(27)23-17(28-15)10-16(26)20(2,3)4/h5-10H,1-4H3,(H,23,27)/b15-9-,17-10-. The Morgan fingerprint density at radius 3 is 2.54 bits per heavy atom. The second-order valence-corrected chi connectivity index (χ2v) is 8.81. The first kappa shape index (κ1) is 20.2. The largest absolute Gasteiger partial charge is 0.313 e. The maximum Gasteiger partial charge on any atom is 0.266 e. The highest BCUT2D eigenvalue weighted by atomic mass is 35.5. The normalized spacial score (nSPS) is 13.4. The molecule has 0 saturated carbocycles. The topological polar surface area (TPSA) is 67.8 Å². The highest BCUT2D eigenvalue weighted by Gasteiger charge is 2.19. The molecule has 5 nitrogen and oxygen atoms in total. The highest BCUT2D eigenvalue weighted by molar-refractivity contribution is 7.07. The third kappa shape index (κ3) is 4.15. The van der Waals surface area contributed by atoms with Crippen LogP contribution in [0.1, 0.15) is 32.0 Å². The van der Waals surface area contributed by atoms with Crippen LogP contribution in [-0.4, -0.2) is 20.5 Å². The Labute approximate surface area is 169 Å². The Bertz CT molecular complexity index is 1210. The van der Waals surface area contributed by atoms with Gasteiger partial charge in [-0.1, -0.05) is 32.4 Å². The van der Waals surface area contributed by atoms with Crippen LogP contribution < -0.4 is 14.8 Å². The quantitative estimate of drug-likeness (QED) is 0.709. The van der Waals surface area contributed by atoms with Gasteiger partial charge in [0.15, 0.2) is 5.78 Å². The van der Waals surface area contributed by atoms with Gasteiger partial charge in [-0.2, -0.15) is 5.10 Å². The SMILES string of the molecule is Cc1nn(-c2ccc(F)cc2)c(Cl)c1/C=c1\s/c(=C\C(=O)C(C)(C)C)[nH]c1=O. The van der Waals surface area contributed by atoms with Crippen molar-refractivity contribution in [3.05, 3.63) is 66.0 Å². The van der Waals surface area contributed by atoms with E-state index in [9.17, 15) is 14.0 Å². The van der Waals surface area contributed by atoms with Crippen molar-refractivity contribution in [2.24, 2.45) is 5.41 Å². The van der Waals surface area contributed by atoms with E-state index in [1.807, 2.05) is 20.8 Å². The number of carbonyl (C=O) groups is 1. The van der Waals surface area contributed by atoms with E-state index in [0.717, 1.165) is 0 Å². The molecule has 3 aromatic rings. The number of rotatable bonds is 3. The van der Waals surface area contributed by atoms with Crippen LogP contribution in [-0.2, 0) is 4.79 Å². The average Bonchev–Trinajstić information content (AvgIpc) is 3.09. The second kappa shape index (κ2) is 7.48. The molecule has 0 unspecified atom stereocenters. The van der Waals surface area contributed by atoms with Gasteiger partial charge in [0.25, 0.3) is 5.56 Å². The van der Waals surface area contributed by atoms with Crippen LogP contribution in [0.25, 0.3) is 17.8 Å². The molecule has 0 amide bonds. The Kier molecular flexibility index (Phi) is 5.41. The zero-order chi connectivity index (χ0) is 20.6. The minimum absolute atomic E-state index is 0.0742. The van der Waals surface area contributed by atoms with Crippen LogP contribution in [0.4, 0.5) is 4.39 Å². The summed E-state index contributed by atoms with van der Waals surface area (Å²) < 4.78 is 15.5. The van der Waals surface area contributed by atoms with Gasteiger partial charge < -0.3 is 4.98 Å². The van der Waals surface area contributed by atoms with Crippen molar-refractivity contribution in [1.82, 2.24) is 14.8 Å². The van der Waals surface area contributed by atoms with E-state index >= 15 is 0 Å². The molecule has 0 aliphatic heterocycles. The second-order valence-electron chi connectivity index (χ2n) is 7.37. The van der Waals surface area contributed by atoms with E-state index in [4.69, 9.17) is 11.6 Å². The monoisotopic (exact) mass is 419 g/mol. The molecular formula is C20H19ClFN3O2S. The van der Waals surface area contributed by atoms with Gasteiger partial charge in [0.05, 0.1) is 20.6 Å². The molecule has 28 heavy (non-hydrogen) atoms. The lowest BCUT2D eigenvalue weighted by Crippen LogP contribution is -2.22. The number of halogens is 2. The van der Waals surface area contributed by atoms with Gasteiger partial charge in [-0.05, 0) is 37.3 Å². The van der Waals surface area contributed by atoms with Crippen molar-refractivity contribution in [3.63, 3.8) is 0 Å². The van der Waals surface area contributed by atoms with Crippen molar-refractivity contribution in [2.45, 2.75) is 27.7 Å². The lowest BCUT2D eigenvalue weighted by Gasteiger charge is -2.12. The molecule has 2 aromatic heterocycles. The number of aryl methyl sites for hydroxylation is 1. The maximum absolute atomic E-state index is 13.2. The molecule has 0 bridgehead atoms. The number of aromatic nitrogens is 3. The zero-order valence-corrected chi connectivity index (χ0v) is 17.4. The number of hydrogen-bond acceptors (Lipinski definition) is 4. The summed E-state index contributed by atoms with van der Waals surface area (Å²) in [6.45, 7) is 7.22. The summed E-state index contributed by atoms with van der Waals surface area (Å²) in [7, 11) is 0. The summed E-state index contributed by atoms with van der Waals surface area (Å²) in [5.74, 6) is -0.427. The Balaban J connectivity index is 2.08. The summed E-state index contributed by atoms with van der Waals surface area (Å²) in [4.78, 5) is 27.2. The third-order valence-electron chi connectivity index (χ3n) is 4.08. The predicted molar refractivity (Wildman–Crippen MR) is 110 cm³/mol. The summed E-state index contributed by atoms with van der Waals surface area (Å²) in [5, 5.41) is 4.70. The molecular weight excluding hydrogens is 401 g/mol. The number of thiazole rings is 1. The van der Waals surface area contributed by atoms with Gasteiger partial charge in [0, 0.05) is 17.1 Å². The van der Waals surface area contributed by atoms with E-state index in [2.05, 4.69) is 10.1 Å². The minimum Gasteiger partial charge on any atom is -0.313 e. The average molecular weight is 420 g/mol. The van der Waals surface area contributed by atoms with Crippen LogP contribution in [0.5, 0.6) is 0 Å². The number of hydrogen-bond donors (Lipinski definition) is 1. The number of nitrogens with zero attached hydrogens (tertiary/aromatic N) is 2. The minimum atomic E-state index is -0.527. The molecule has 1 aromatic carbocycles. The third-order valence-corrected chi connectivity index (χ3v) is 5.40. The number of benzene rings is 1. The summed E-state index contributed by atoms with van der Waals surface area (Å²) in [6, 6.07) is 5.79. The molecule has 0 fully saturated rings. The van der Waals surface area contributed by atoms with Crippen molar-refractivity contribution < 1.29 is 9.18 Å². The Morgan fingerprint density at radius 2 is 1.93 bits per heavy atom. The molecule has 0 saturated heterocycles. The number of H-pyrrole nitrogens is 1. The fraction of sp³-hybridized carbons (Fsp3) is 0.250. The summed E-state index contributed by atoms with van der Waals surface area (Å²) >= 11 is 7.64. The lowest BCUT2D eigenvalue weighted by molar-refractivity contribution is -0.119. The molecule has 2 heterocycles. The van der Waals surface area contributed by atoms with Gasteiger partial charge in [0.2, 0.25) is 0 Å². The molecule has 0 aliphatic carbocycles. The number of nitrogens with one attached hydrogen (secondary N) is 1. The van der Waals surface area contributed by atoms with Crippen LogP contribution in [0.2, 0.25) is 5.15 Å². The Morgan fingerprint density at radius 1 is 1.29 bits per heavy atom. The van der Waals surface area contributed by atoms with Crippen LogP contribution in [0.3, 0.4) is 0 Å². The number of ketones is 1. The van der Waals surface area contributed by atoms with E-state index < -0.39 is 5.41 Å². The molecule has 8 heteroatoms. The first-order valence-corrected chi connectivity index (χ1v) is 9.74. The number of aromatic amines is 1. The molecule has 0 radical (unpaired) electrons. The summed E-state index contributed by atoms with van der Waals surface area (Å²) in [5.41, 5.74) is 0.994. The van der Waals surface area contributed by atoms with Gasteiger partial charge in [-0.3, -0.25) is 9.59 Å². The maximum atomic E-state index is 13.2. The number of carbonyl (C=O) groups excluding carboxylic acids is 1. The lowest BCUT2D eigenvalue weighted by atomic mass is 9.91. The van der Waals surface area contributed by atoms with Gasteiger partial charge in [-0.15, -0.1) is 11.3 Å². The van der Waals surface area contributed by atoms with Gasteiger partial charge >= 0.3 is 0 Å². The van der Waals surface area contributed by atoms with Crippen molar-refractivity contribution in [1.29, 1.82) is 0 Å². The fourth-order valence-corrected chi connectivity index (χ4v) is 3.61. The fourth-order valence-electron chi connectivity index (χ4n) is 2.42. The summed E-state index contributed by atoms with van der Waals surface area (Å²) in [6.07, 6.45) is 3.09. The molecule has 0 spiro atoms. The van der Waals surface area contributed by atoms with Gasteiger partial charge in [-0.25, -0.2) is 9.07 Å². The van der Waals surface area contributed by atoms with Crippen molar-refractivity contribution in [3.8, 4) is 5.69 Å². The smallest absolute Gasteiger partial charge is 0.266 e. The highest BCUT2D eigenvalue weighted by Crippen LogP contribution is 2.24. The molecule has 0 aliphatic rings. The molecule has 3 rings (SSSR count). The zero-order valence-electron chi connectivity index (χ0n) is 15.8. The van der Waals surface area contributed by atoms with E-state index in [0.29, 0.717) is 31.3 Å². The van der Waals surface area contributed by atoms with Crippen LogP contribution in [0.15, 0.2) is 29.1 Å². The van der Waals surface area contributed by atoms with Crippen molar-refractivity contribution in [2.75, 3.05) is 0 Å². The first-order chi connectivity index (χ1) is 13.1. The predicted octanol–water partition coefficient (Wildman–Crippen LogP) is 2.95. The van der Waals surface area contributed by atoms with E-state index in [1.165, 1.54) is 34.2 Å². The molecule has 0 atom stereocenters. The number of Topliss-reactive ketones (excluding diaryl/α,β-unsaturated/α-hetero) is 1. The van der Waals surface area contributed by atoms with E-state index in [-0.39, 0.29) is 17.2 Å². The van der Waals surface area contributed by atoms with E-state index in [1.54, 1.807) is 25.1 Å².